The Morgan fingerprint density at radius 2 is 2.04 bits per heavy atom. The van der Waals surface area contributed by atoms with Crippen LogP contribution in [0.3, 0.4) is 0 Å². The van der Waals surface area contributed by atoms with Gasteiger partial charge < -0.3 is 10.5 Å². The van der Waals surface area contributed by atoms with Gasteiger partial charge in [0.1, 0.15) is 6.04 Å². The highest BCUT2D eigenvalue weighted by atomic mass is 32.2. The number of amides is 2. The normalized spacial score (nSPS) is 15.5. The molecule has 0 aromatic heterocycles. The van der Waals surface area contributed by atoms with E-state index in [0.717, 1.165) is 5.56 Å². The minimum Gasteiger partial charge on any atom is -0.452 e. The molecular formula is C17H25N3O5S. The van der Waals surface area contributed by atoms with E-state index in [2.05, 4.69) is 4.72 Å². The van der Waals surface area contributed by atoms with Crippen molar-refractivity contribution in [1.82, 2.24) is 4.72 Å². The van der Waals surface area contributed by atoms with E-state index in [0.29, 0.717) is 31.5 Å². The fourth-order valence-corrected chi connectivity index (χ4v) is 4.26. The molecule has 26 heavy (non-hydrogen) atoms. The van der Waals surface area contributed by atoms with Gasteiger partial charge in [0, 0.05) is 6.54 Å². The Hall–Kier alpha value is -2.13. The van der Waals surface area contributed by atoms with Gasteiger partial charge in [-0.05, 0) is 48.9 Å². The van der Waals surface area contributed by atoms with Crippen LogP contribution in [0.2, 0.25) is 0 Å². The third kappa shape index (κ3) is 4.53. The van der Waals surface area contributed by atoms with E-state index < -0.39 is 28.1 Å². The Kier molecular flexibility index (Phi) is 6.25. The number of nitrogens with two attached hydrogens (primary N) is 1. The lowest BCUT2D eigenvalue weighted by Crippen LogP contribution is -2.45. The molecule has 3 N–H and O–H groups in total. The van der Waals surface area contributed by atoms with E-state index in [-0.39, 0.29) is 10.8 Å². The summed E-state index contributed by atoms with van der Waals surface area (Å²) in [5, 5.41) is 0. The predicted octanol–water partition coefficient (Wildman–Crippen LogP) is 1.38. The number of primary amides is 1. The number of nitrogens with one attached hydrogen (secondary N) is 1. The molecule has 0 aliphatic carbocycles. The molecule has 1 unspecified atom stereocenters. The Morgan fingerprint density at radius 3 is 2.62 bits per heavy atom. The fraction of sp³-hybridized carbons (Fsp3) is 0.529. The molecule has 1 aromatic rings. The van der Waals surface area contributed by atoms with Gasteiger partial charge in [-0.25, -0.2) is 13.2 Å². The average Bonchev–Trinajstić information content (AvgIpc) is 2.58. The second-order valence-corrected chi connectivity index (χ2v) is 8.44. The SMILES string of the molecule is COC(=O)N1CCCc2cc(S(=O)(=O)NC(CC(C)C)C(N)=O)ccc21. The predicted molar refractivity (Wildman–Crippen MR) is 97.3 cm³/mol. The molecule has 8 nitrogen and oxygen atoms in total. The second kappa shape index (κ2) is 8.05. The van der Waals surface area contributed by atoms with Gasteiger partial charge in [-0.3, -0.25) is 9.69 Å². The van der Waals surface area contributed by atoms with E-state index in [4.69, 9.17) is 10.5 Å². The number of carbonyl (C=O) groups is 2. The molecule has 1 aromatic carbocycles. The summed E-state index contributed by atoms with van der Waals surface area (Å²) in [6, 6.07) is 3.56. The molecule has 1 atom stereocenters. The van der Waals surface area contributed by atoms with Crippen molar-refractivity contribution in [2.45, 2.75) is 44.0 Å². The quantitative estimate of drug-likeness (QED) is 0.769. The van der Waals surface area contributed by atoms with Crippen LogP contribution in [0, 0.1) is 5.92 Å². The van der Waals surface area contributed by atoms with Crippen LogP contribution in [0.5, 0.6) is 0 Å². The molecule has 0 radical (unpaired) electrons. The van der Waals surface area contributed by atoms with Crippen molar-refractivity contribution < 1.29 is 22.7 Å². The summed E-state index contributed by atoms with van der Waals surface area (Å²) >= 11 is 0. The molecule has 0 fully saturated rings. The minimum atomic E-state index is -3.91. The van der Waals surface area contributed by atoms with Gasteiger partial charge >= 0.3 is 6.09 Å². The highest BCUT2D eigenvalue weighted by Gasteiger charge is 2.28. The van der Waals surface area contributed by atoms with Gasteiger partial charge in [-0.1, -0.05) is 13.8 Å². The van der Waals surface area contributed by atoms with Gasteiger partial charge in [0.05, 0.1) is 17.7 Å². The number of hydrogen-bond acceptors (Lipinski definition) is 5. The van der Waals surface area contributed by atoms with Gasteiger partial charge in [0.25, 0.3) is 0 Å². The first-order chi connectivity index (χ1) is 12.2. The molecule has 1 aliphatic rings. The van der Waals surface area contributed by atoms with Crippen molar-refractivity contribution in [2.24, 2.45) is 11.7 Å². The monoisotopic (exact) mass is 383 g/mol. The summed E-state index contributed by atoms with van der Waals surface area (Å²) in [7, 11) is -2.61. The topological polar surface area (TPSA) is 119 Å². The number of benzene rings is 1. The molecule has 1 heterocycles. The van der Waals surface area contributed by atoms with Crippen molar-refractivity contribution in [3.05, 3.63) is 23.8 Å². The molecule has 9 heteroatoms. The van der Waals surface area contributed by atoms with E-state index in [1.54, 1.807) is 6.07 Å². The van der Waals surface area contributed by atoms with Crippen LogP contribution in [0.1, 0.15) is 32.3 Å². The van der Waals surface area contributed by atoms with E-state index in [1.165, 1.54) is 24.1 Å². The number of methoxy groups -OCH3 is 1. The van der Waals surface area contributed by atoms with Crippen molar-refractivity contribution >= 4 is 27.7 Å². The fourth-order valence-electron chi connectivity index (χ4n) is 2.99. The number of ether oxygens (including phenoxy) is 1. The molecule has 1 aliphatic heterocycles. The molecule has 0 spiro atoms. The van der Waals surface area contributed by atoms with Gasteiger partial charge in [-0.15, -0.1) is 0 Å². The van der Waals surface area contributed by atoms with Crippen molar-refractivity contribution in [2.75, 3.05) is 18.6 Å². The standard InChI is InChI=1S/C17H25N3O5S/c1-11(2)9-14(16(18)21)19-26(23,24)13-6-7-15-12(10-13)5-4-8-20(15)17(22)25-3/h6-7,10-11,14,19H,4-5,8-9H2,1-3H3,(H2,18,21). The molecule has 0 bridgehead atoms. The number of hydrogen-bond donors (Lipinski definition) is 2. The average molecular weight is 383 g/mol. The van der Waals surface area contributed by atoms with Gasteiger partial charge in [0.15, 0.2) is 0 Å². The maximum absolute atomic E-state index is 12.7. The lowest BCUT2D eigenvalue weighted by Gasteiger charge is -2.28. The first-order valence-electron chi connectivity index (χ1n) is 8.45. The summed E-state index contributed by atoms with van der Waals surface area (Å²) in [6.45, 7) is 4.28. The highest BCUT2D eigenvalue weighted by Crippen LogP contribution is 2.30. The van der Waals surface area contributed by atoms with Crippen LogP contribution in [0.4, 0.5) is 10.5 Å². The lowest BCUT2D eigenvalue weighted by atomic mass is 10.0. The maximum Gasteiger partial charge on any atom is 0.414 e. The lowest BCUT2D eigenvalue weighted by molar-refractivity contribution is -0.119. The number of rotatable bonds is 6. The number of anilines is 1. The second-order valence-electron chi connectivity index (χ2n) is 6.72. The van der Waals surface area contributed by atoms with Crippen LogP contribution in [-0.2, 0) is 26.0 Å². The first-order valence-corrected chi connectivity index (χ1v) is 9.94. The Bertz CT molecular complexity index is 792. The van der Waals surface area contributed by atoms with Gasteiger partial charge in [-0.2, -0.15) is 4.72 Å². The van der Waals surface area contributed by atoms with Crippen LogP contribution < -0.4 is 15.4 Å². The number of aryl methyl sites for hydroxylation is 1. The molecule has 0 saturated carbocycles. The summed E-state index contributed by atoms with van der Waals surface area (Å²) in [5.74, 6) is -0.607. The largest absolute Gasteiger partial charge is 0.452 e. The minimum absolute atomic E-state index is 0.0398. The van der Waals surface area contributed by atoms with Crippen LogP contribution in [0.15, 0.2) is 23.1 Å². The maximum atomic E-state index is 12.7. The summed E-state index contributed by atoms with van der Waals surface area (Å²) in [6.07, 6.45) is 1.19. The number of carbonyl (C=O) groups excluding carboxylic acids is 2. The number of sulfonamides is 1. The molecule has 2 amide bonds. The van der Waals surface area contributed by atoms with E-state index in [9.17, 15) is 18.0 Å². The van der Waals surface area contributed by atoms with Crippen LogP contribution in [-0.4, -0.2) is 40.1 Å². The third-order valence-corrected chi connectivity index (χ3v) is 5.69. The Balaban J connectivity index is 2.31. The van der Waals surface area contributed by atoms with Crippen molar-refractivity contribution in [3.63, 3.8) is 0 Å². The molecule has 0 saturated heterocycles. The van der Waals surface area contributed by atoms with Gasteiger partial charge in [0.2, 0.25) is 15.9 Å². The highest BCUT2D eigenvalue weighted by molar-refractivity contribution is 7.89. The summed E-state index contributed by atoms with van der Waals surface area (Å²) in [5.41, 5.74) is 6.70. The summed E-state index contributed by atoms with van der Waals surface area (Å²) < 4.78 is 32.5. The third-order valence-electron chi connectivity index (χ3n) is 4.22. The smallest absolute Gasteiger partial charge is 0.414 e. The van der Waals surface area contributed by atoms with Crippen LogP contribution >= 0.6 is 0 Å². The number of nitrogens with zero attached hydrogens (tertiary/aromatic N) is 1. The zero-order chi connectivity index (χ0) is 19.5. The molecule has 2 rings (SSSR count). The Morgan fingerprint density at radius 1 is 1.35 bits per heavy atom. The first kappa shape index (κ1) is 20.2. The van der Waals surface area contributed by atoms with E-state index in [1.807, 2.05) is 13.8 Å². The molecular weight excluding hydrogens is 358 g/mol. The molecule has 144 valence electrons. The number of fused-ring (bicyclic) bond motifs is 1. The zero-order valence-corrected chi connectivity index (χ0v) is 16.0. The van der Waals surface area contributed by atoms with Crippen molar-refractivity contribution in [1.29, 1.82) is 0 Å². The Labute approximate surface area is 153 Å². The summed E-state index contributed by atoms with van der Waals surface area (Å²) in [4.78, 5) is 24.9. The van der Waals surface area contributed by atoms with Crippen LogP contribution in [0.25, 0.3) is 0 Å². The van der Waals surface area contributed by atoms with E-state index >= 15 is 0 Å². The zero-order valence-electron chi connectivity index (χ0n) is 15.2. The van der Waals surface area contributed by atoms with Crippen molar-refractivity contribution in [3.8, 4) is 0 Å².